The fourth-order valence-corrected chi connectivity index (χ4v) is 5.85. The zero-order chi connectivity index (χ0) is 22.4. The van der Waals surface area contributed by atoms with E-state index in [1.807, 2.05) is 55.4 Å². The Morgan fingerprint density at radius 2 is 1.34 bits per heavy atom. The van der Waals surface area contributed by atoms with Crippen molar-refractivity contribution in [1.29, 1.82) is 0 Å². The van der Waals surface area contributed by atoms with E-state index >= 15 is 0 Å². The second-order valence-electron chi connectivity index (χ2n) is 7.95. The Bertz CT molecular complexity index is 447. The maximum Gasteiger partial charge on any atom is 0.501 e. The lowest BCUT2D eigenvalue weighted by atomic mass is 10.1. The molecule has 1 atom stereocenters. The van der Waals surface area contributed by atoms with Crippen LogP contribution in [0.3, 0.4) is 0 Å². The van der Waals surface area contributed by atoms with Gasteiger partial charge < -0.3 is 28.6 Å². The van der Waals surface area contributed by atoms with Crippen LogP contribution in [0, 0.1) is 5.92 Å². The number of nitrogens with one attached hydrogen (secondary N) is 2. The first-order valence-corrected chi connectivity index (χ1v) is 12.7. The van der Waals surface area contributed by atoms with Crippen molar-refractivity contribution in [2.75, 3.05) is 19.7 Å². The third-order valence-electron chi connectivity index (χ3n) is 3.87. The molecule has 0 radical (unpaired) electrons. The van der Waals surface area contributed by atoms with Gasteiger partial charge in [-0.2, -0.15) is 0 Å². The van der Waals surface area contributed by atoms with Gasteiger partial charge in [-0.25, -0.2) is 4.79 Å². The van der Waals surface area contributed by atoms with E-state index in [0.717, 1.165) is 6.42 Å². The summed E-state index contributed by atoms with van der Waals surface area (Å²) in [4.78, 5) is 23.5. The number of alkyl carbamates (subject to hydrolysis) is 1. The average molecular weight is 435 g/mol. The smallest absolute Gasteiger partial charge is 0.448 e. The second-order valence-corrected chi connectivity index (χ2v) is 10.5. The van der Waals surface area contributed by atoms with Crippen LogP contribution in [0.4, 0.5) is 4.79 Å². The zero-order valence-electron chi connectivity index (χ0n) is 19.5. The van der Waals surface area contributed by atoms with Crippen molar-refractivity contribution < 1.29 is 27.6 Å². The molecule has 1 unspecified atom stereocenters. The van der Waals surface area contributed by atoms with E-state index in [-0.39, 0.29) is 36.7 Å². The Hall–Kier alpha value is -1.16. The van der Waals surface area contributed by atoms with Gasteiger partial charge in [0.2, 0.25) is 5.91 Å². The zero-order valence-corrected chi connectivity index (χ0v) is 20.5. The summed E-state index contributed by atoms with van der Waals surface area (Å²) in [6, 6.07) is 0.604. The van der Waals surface area contributed by atoms with Crippen LogP contribution in [0.1, 0.15) is 68.2 Å². The quantitative estimate of drug-likeness (QED) is 0.303. The lowest BCUT2D eigenvalue weighted by Gasteiger charge is -2.34. The standard InChI is InChI=1S/C20H42N2O6Si/c1-9-18(8)19(23)21-12-13-25-20(24)22-11-10-14-29(26-15(2)3,27-16(4)5)28-17(6)7/h15-18H,9-14H2,1-8H3,(H,21,23)(H,22,24). The number of carbonyl (C=O) groups is 2. The van der Waals surface area contributed by atoms with Gasteiger partial charge in [-0.05, 0) is 54.4 Å². The van der Waals surface area contributed by atoms with Gasteiger partial charge in [0.1, 0.15) is 6.61 Å². The molecule has 9 heteroatoms. The molecule has 2 N–H and O–H groups in total. The van der Waals surface area contributed by atoms with Crippen molar-refractivity contribution in [3.05, 3.63) is 0 Å². The lowest BCUT2D eigenvalue weighted by molar-refractivity contribution is -0.124. The number of hydrogen-bond donors (Lipinski definition) is 2. The van der Waals surface area contributed by atoms with Gasteiger partial charge in [0.15, 0.2) is 0 Å². The number of hydrogen-bond acceptors (Lipinski definition) is 6. The third-order valence-corrected chi connectivity index (χ3v) is 7.33. The highest BCUT2D eigenvalue weighted by atomic mass is 28.4. The van der Waals surface area contributed by atoms with E-state index in [4.69, 9.17) is 18.0 Å². The van der Waals surface area contributed by atoms with Crippen LogP contribution < -0.4 is 10.6 Å². The summed E-state index contributed by atoms with van der Waals surface area (Å²) in [5, 5.41) is 5.46. The number of rotatable bonds is 15. The van der Waals surface area contributed by atoms with Gasteiger partial charge in [0.05, 0.1) is 6.54 Å². The van der Waals surface area contributed by atoms with Crippen molar-refractivity contribution in [2.24, 2.45) is 5.92 Å². The van der Waals surface area contributed by atoms with Gasteiger partial charge in [-0.15, -0.1) is 0 Å². The van der Waals surface area contributed by atoms with E-state index in [0.29, 0.717) is 25.6 Å². The van der Waals surface area contributed by atoms with Crippen LogP contribution in [-0.4, -0.2) is 58.8 Å². The minimum Gasteiger partial charge on any atom is -0.448 e. The molecular weight excluding hydrogens is 392 g/mol. The van der Waals surface area contributed by atoms with Crippen molar-refractivity contribution in [1.82, 2.24) is 10.6 Å². The molecule has 0 aliphatic rings. The fourth-order valence-electron chi connectivity index (χ4n) is 2.56. The molecule has 0 aliphatic carbocycles. The van der Waals surface area contributed by atoms with E-state index in [2.05, 4.69) is 10.6 Å². The third kappa shape index (κ3) is 13.6. The number of ether oxygens (including phenoxy) is 1. The molecular formula is C20H42N2O6Si. The topological polar surface area (TPSA) is 95.1 Å². The van der Waals surface area contributed by atoms with E-state index in [1.165, 1.54) is 0 Å². The average Bonchev–Trinajstić information content (AvgIpc) is 2.59. The van der Waals surface area contributed by atoms with E-state index in [9.17, 15) is 9.59 Å². The van der Waals surface area contributed by atoms with Crippen LogP contribution in [0.5, 0.6) is 0 Å². The molecule has 0 spiro atoms. The summed E-state index contributed by atoms with van der Waals surface area (Å²) in [6.45, 7) is 16.5. The predicted octanol–water partition coefficient (Wildman–Crippen LogP) is 3.48. The molecule has 2 amide bonds. The first-order valence-electron chi connectivity index (χ1n) is 10.7. The maximum atomic E-state index is 11.8. The highest BCUT2D eigenvalue weighted by Gasteiger charge is 2.43. The normalized spacial score (nSPS) is 13.1. The molecule has 0 heterocycles. The van der Waals surface area contributed by atoms with E-state index < -0.39 is 14.9 Å². The van der Waals surface area contributed by atoms with Crippen LogP contribution in [-0.2, 0) is 22.8 Å². The fraction of sp³-hybridized carbons (Fsp3) is 0.900. The van der Waals surface area contributed by atoms with E-state index in [1.54, 1.807) is 0 Å². The van der Waals surface area contributed by atoms with Crippen LogP contribution >= 0.6 is 0 Å². The molecule has 0 aromatic heterocycles. The molecule has 29 heavy (non-hydrogen) atoms. The highest BCUT2D eigenvalue weighted by molar-refractivity contribution is 6.60. The van der Waals surface area contributed by atoms with Gasteiger partial charge in [-0.1, -0.05) is 13.8 Å². The predicted molar refractivity (Wildman–Crippen MR) is 116 cm³/mol. The van der Waals surface area contributed by atoms with Crippen molar-refractivity contribution in [3.63, 3.8) is 0 Å². The Kier molecular flexibility index (Phi) is 14.2. The van der Waals surface area contributed by atoms with Crippen molar-refractivity contribution in [3.8, 4) is 0 Å². The SMILES string of the molecule is CCC(C)C(=O)NCCOC(=O)NCCC[Si](OC(C)C)(OC(C)C)OC(C)C. The lowest BCUT2D eigenvalue weighted by Crippen LogP contribution is -2.51. The number of amides is 2. The largest absolute Gasteiger partial charge is 0.501 e. The Balaban J connectivity index is 4.35. The molecule has 8 nitrogen and oxygen atoms in total. The summed E-state index contributed by atoms with van der Waals surface area (Å²) in [7, 11) is -2.85. The van der Waals surface area contributed by atoms with Crippen LogP contribution in [0.2, 0.25) is 6.04 Å². The van der Waals surface area contributed by atoms with Gasteiger partial charge in [0, 0.05) is 36.8 Å². The Morgan fingerprint density at radius 3 is 1.79 bits per heavy atom. The highest BCUT2D eigenvalue weighted by Crippen LogP contribution is 2.23. The van der Waals surface area contributed by atoms with Crippen LogP contribution in [0.15, 0.2) is 0 Å². The van der Waals surface area contributed by atoms with Gasteiger partial charge >= 0.3 is 14.9 Å². The van der Waals surface area contributed by atoms with Gasteiger partial charge in [0.25, 0.3) is 0 Å². The molecule has 0 bridgehead atoms. The first kappa shape index (κ1) is 27.8. The summed E-state index contributed by atoms with van der Waals surface area (Å²) < 4.78 is 23.4. The molecule has 172 valence electrons. The maximum absolute atomic E-state index is 11.8. The molecule has 0 aromatic rings. The molecule has 0 aliphatic heterocycles. The van der Waals surface area contributed by atoms with Gasteiger partial charge in [-0.3, -0.25) is 4.79 Å². The Labute approximate surface area is 177 Å². The monoisotopic (exact) mass is 434 g/mol. The number of carbonyl (C=O) groups excluding carboxylic acids is 2. The van der Waals surface area contributed by atoms with Crippen LogP contribution in [0.25, 0.3) is 0 Å². The summed E-state index contributed by atoms with van der Waals surface area (Å²) in [6.07, 6.45) is 0.889. The molecule has 0 saturated heterocycles. The minimum atomic E-state index is -2.85. The summed E-state index contributed by atoms with van der Waals surface area (Å²) >= 11 is 0. The molecule has 0 fully saturated rings. The minimum absolute atomic E-state index is 0.0114. The molecule has 0 saturated carbocycles. The Morgan fingerprint density at radius 1 is 0.828 bits per heavy atom. The summed E-state index contributed by atoms with van der Waals surface area (Å²) in [5.41, 5.74) is 0. The van der Waals surface area contributed by atoms with Crippen molar-refractivity contribution in [2.45, 2.75) is 92.6 Å². The summed E-state index contributed by atoms with van der Waals surface area (Å²) in [5.74, 6) is -0.0688. The second kappa shape index (κ2) is 14.8. The molecule has 0 aromatic carbocycles. The molecule has 0 rings (SSSR count). The van der Waals surface area contributed by atoms with Crippen molar-refractivity contribution >= 4 is 20.8 Å². The first-order chi connectivity index (χ1) is 13.5.